The van der Waals surface area contributed by atoms with Crippen LogP contribution in [-0.4, -0.2) is 31.1 Å². The molecule has 1 N–H and O–H groups in total. The molecule has 0 atom stereocenters. The highest BCUT2D eigenvalue weighted by atomic mass is 35.5. The number of rotatable bonds is 8. The minimum Gasteiger partial charge on any atom is -0.495 e. The molecule has 0 saturated carbocycles. The van der Waals surface area contributed by atoms with Crippen LogP contribution in [0.15, 0.2) is 36.4 Å². The van der Waals surface area contributed by atoms with Gasteiger partial charge in [0.05, 0.1) is 25.2 Å². The third-order valence-electron chi connectivity index (χ3n) is 3.47. The number of anilines is 1. The van der Waals surface area contributed by atoms with Crippen LogP contribution < -0.4 is 14.8 Å². The summed E-state index contributed by atoms with van der Waals surface area (Å²) in [4.78, 5) is 12.1. The molecule has 0 aliphatic rings. The number of carbonyl (C=O) groups excluding carboxylic acids is 1. The van der Waals surface area contributed by atoms with Gasteiger partial charge in [-0.2, -0.15) is 0 Å². The van der Waals surface area contributed by atoms with Crippen molar-refractivity contribution in [3.63, 3.8) is 0 Å². The molecule has 0 saturated heterocycles. The SMILES string of the molecule is COc1cc(Cl)c(C)cc1NC(=O)CSCCOc1cccc(C)c1. The van der Waals surface area contributed by atoms with Crippen LogP contribution in [0.1, 0.15) is 11.1 Å². The lowest BCUT2D eigenvalue weighted by Gasteiger charge is -2.12. The molecule has 0 aromatic heterocycles. The van der Waals surface area contributed by atoms with Crippen molar-refractivity contribution in [3.8, 4) is 11.5 Å². The van der Waals surface area contributed by atoms with Gasteiger partial charge in [-0.05, 0) is 43.2 Å². The zero-order valence-electron chi connectivity index (χ0n) is 14.6. The molecule has 2 rings (SSSR count). The van der Waals surface area contributed by atoms with Crippen molar-refractivity contribution >= 4 is 35.0 Å². The molecule has 0 radical (unpaired) electrons. The van der Waals surface area contributed by atoms with E-state index in [1.807, 2.05) is 44.2 Å². The van der Waals surface area contributed by atoms with E-state index in [9.17, 15) is 4.79 Å². The molecule has 0 aliphatic carbocycles. The quantitative estimate of drug-likeness (QED) is 0.674. The third kappa shape index (κ3) is 6.18. The van der Waals surface area contributed by atoms with Crippen molar-refractivity contribution in [2.45, 2.75) is 13.8 Å². The number of methoxy groups -OCH3 is 1. The van der Waals surface area contributed by atoms with E-state index in [1.54, 1.807) is 13.2 Å². The molecule has 2 aromatic rings. The lowest BCUT2D eigenvalue weighted by molar-refractivity contribution is -0.113. The predicted octanol–water partition coefficient (Wildman–Crippen LogP) is 4.72. The van der Waals surface area contributed by atoms with Crippen molar-refractivity contribution in [1.82, 2.24) is 0 Å². The van der Waals surface area contributed by atoms with Crippen LogP contribution in [-0.2, 0) is 4.79 Å². The molecule has 4 nitrogen and oxygen atoms in total. The van der Waals surface area contributed by atoms with Gasteiger partial charge in [-0.25, -0.2) is 0 Å². The second kappa shape index (κ2) is 9.59. The summed E-state index contributed by atoms with van der Waals surface area (Å²) in [5.74, 6) is 2.41. The Balaban J connectivity index is 1.75. The molecular weight excluding hydrogens is 358 g/mol. The molecule has 134 valence electrons. The molecule has 0 spiro atoms. The first kappa shape index (κ1) is 19.5. The summed E-state index contributed by atoms with van der Waals surface area (Å²) in [6.07, 6.45) is 0. The lowest BCUT2D eigenvalue weighted by atomic mass is 10.2. The number of thioether (sulfide) groups is 1. The normalized spacial score (nSPS) is 10.4. The summed E-state index contributed by atoms with van der Waals surface area (Å²) in [6.45, 7) is 4.47. The van der Waals surface area contributed by atoms with Crippen molar-refractivity contribution in [2.24, 2.45) is 0 Å². The molecule has 0 fully saturated rings. The van der Waals surface area contributed by atoms with Crippen LogP contribution in [0.5, 0.6) is 11.5 Å². The van der Waals surface area contributed by atoms with Gasteiger partial charge in [0, 0.05) is 16.8 Å². The summed E-state index contributed by atoms with van der Waals surface area (Å²) in [6, 6.07) is 11.4. The maximum absolute atomic E-state index is 12.1. The summed E-state index contributed by atoms with van der Waals surface area (Å²) in [5.41, 5.74) is 2.68. The fourth-order valence-corrected chi connectivity index (χ4v) is 2.96. The van der Waals surface area contributed by atoms with E-state index in [0.717, 1.165) is 22.6 Å². The van der Waals surface area contributed by atoms with Crippen molar-refractivity contribution in [2.75, 3.05) is 30.5 Å². The maximum Gasteiger partial charge on any atom is 0.234 e. The number of hydrogen-bond donors (Lipinski definition) is 1. The van der Waals surface area contributed by atoms with Crippen LogP contribution >= 0.6 is 23.4 Å². The monoisotopic (exact) mass is 379 g/mol. The lowest BCUT2D eigenvalue weighted by Crippen LogP contribution is -2.16. The molecule has 0 bridgehead atoms. The zero-order chi connectivity index (χ0) is 18.2. The van der Waals surface area contributed by atoms with Crippen LogP contribution in [0.2, 0.25) is 5.02 Å². The fraction of sp³-hybridized carbons (Fsp3) is 0.316. The number of halogens is 1. The smallest absolute Gasteiger partial charge is 0.234 e. The summed E-state index contributed by atoms with van der Waals surface area (Å²) in [5, 5.41) is 3.47. The van der Waals surface area contributed by atoms with Gasteiger partial charge in [-0.3, -0.25) is 4.79 Å². The molecular formula is C19H22ClNO3S. The number of ether oxygens (including phenoxy) is 2. The van der Waals surface area contributed by atoms with E-state index in [0.29, 0.717) is 28.8 Å². The van der Waals surface area contributed by atoms with Gasteiger partial charge in [0.15, 0.2) is 0 Å². The van der Waals surface area contributed by atoms with Gasteiger partial charge in [0.25, 0.3) is 0 Å². The molecule has 2 aromatic carbocycles. The first-order chi connectivity index (χ1) is 12.0. The molecule has 6 heteroatoms. The Morgan fingerprint density at radius 1 is 1.24 bits per heavy atom. The van der Waals surface area contributed by atoms with E-state index in [2.05, 4.69) is 5.32 Å². The number of aryl methyl sites for hydroxylation is 2. The second-order valence-electron chi connectivity index (χ2n) is 5.57. The Bertz CT molecular complexity index is 737. The van der Waals surface area contributed by atoms with Crippen LogP contribution in [0.4, 0.5) is 5.69 Å². The largest absolute Gasteiger partial charge is 0.495 e. The highest BCUT2D eigenvalue weighted by molar-refractivity contribution is 7.99. The van der Waals surface area contributed by atoms with E-state index in [1.165, 1.54) is 11.8 Å². The third-order valence-corrected chi connectivity index (χ3v) is 4.80. The molecule has 1 amide bonds. The van der Waals surface area contributed by atoms with Crippen LogP contribution in [0.25, 0.3) is 0 Å². The van der Waals surface area contributed by atoms with Crippen LogP contribution in [0.3, 0.4) is 0 Å². The number of carbonyl (C=O) groups is 1. The Morgan fingerprint density at radius 2 is 2.04 bits per heavy atom. The average molecular weight is 380 g/mol. The minimum absolute atomic E-state index is 0.0828. The van der Waals surface area contributed by atoms with E-state index < -0.39 is 0 Å². The number of amides is 1. The van der Waals surface area contributed by atoms with Gasteiger partial charge in [-0.1, -0.05) is 23.7 Å². The average Bonchev–Trinajstić information content (AvgIpc) is 2.57. The predicted molar refractivity (Wildman–Crippen MR) is 105 cm³/mol. The summed E-state index contributed by atoms with van der Waals surface area (Å²) >= 11 is 7.59. The Labute approximate surface area is 157 Å². The highest BCUT2D eigenvalue weighted by Gasteiger charge is 2.10. The van der Waals surface area contributed by atoms with E-state index in [4.69, 9.17) is 21.1 Å². The van der Waals surface area contributed by atoms with Gasteiger partial charge in [0.2, 0.25) is 5.91 Å². The number of nitrogens with one attached hydrogen (secondary N) is 1. The highest BCUT2D eigenvalue weighted by Crippen LogP contribution is 2.31. The molecule has 0 unspecified atom stereocenters. The minimum atomic E-state index is -0.0828. The zero-order valence-corrected chi connectivity index (χ0v) is 16.2. The number of benzene rings is 2. The first-order valence-corrected chi connectivity index (χ1v) is 9.44. The Kier molecular flexibility index (Phi) is 7.47. The summed E-state index contributed by atoms with van der Waals surface area (Å²) < 4.78 is 10.9. The first-order valence-electron chi connectivity index (χ1n) is 7.91. The van der Waals surface area contributed by atoms with E-state index >= 15 is 0 Å². The van der Waals surface area contributed by atoms with Gasteiger partial charge < -0.3 is 14.8 Å². The van der Waals surface area contributed by atoms with Crippen molar-refractivity contribution < 1.29 is 14.3 Å². The Morgan fingerprint density at radius 3 is 2.76 bits per heavy atom. The van der Waals surface area contributed by atoms with Crippen molar-refractivity contribution in [3.05, 3.63) is 52.5 Å². The van der Waals surface area contributed by atoms with E-state index in [-0.39, 0.29) is 5.91 Å². The second-order valence-corrected chi connectivity index (χ2v) is 7.08. The van der Waals surface area contributed by atoms with Gasteiger partial charge >= 0.3 is 0 Å². The van der Waals surface area contributed by atoms with Crippen molar-refractivity contribution in [1.29, 1.82) is 0 Å². The standard InChI is InChI=1S/C19H22ClNO3S/c1-13-5-4-6-15(9-13)24-7-8-25-12-19(22)21-17-10-14(2)16(20)11-18(17)23-3/h4-6,9-11H,7-8,12H2,1-3H3,(H,21,22). The topological polar surface area (TPSA) is 47.6 Å². The summed E-state index contributed by atoms with van der Waals surface area (Å²) in [7, 11) is 1.55. The fourth-order valence-electron chi connectivity index (χ4n) is 2.20. The molecule has 0 aliphatic heterocycles. The Hall–Kier alpha value is -1.85. The maximum atomic E-state index is 12.1. The molecule has 0 heterocycles. The number of hydrogen-bond acceptors (Lipinski definition) is 4. The van der Waals surface area contributed by atoms with Gasteiger partial charge in [0.1, 0.15) is 11.5 Å². The van der Waals surface area contributed by atoms with Gasteiger partial charge in [-0.15, -0.1) is 11.8 Å². The molecule has 25 heavy (non-hydrogen) atoms. The van der Waals surface area contributed by atoms with Crippen LogP contribution in [0, 0.1) is 13.8 Å².